The Bertz CT molecular complexity index is 1950. The summed E-state index contributed by atoms with van der Waals surface area (Å²) in [5.74, 6) is -4.09. The molecule has 4 saturated heterocycles. The van der Waals surface area contributed by atoms with Gasteiger partial charge in [-0.3, -0.25) is 8.37 Å². The first-order chi connectivity index (χ1) is 32.2. The van der Waals surface area contributed by atoms with Gasteiger partial charge in [-0.1, -0.05) is 41.1 Å². The van der Waals surface area contributed by atoms with Gasteiger partial charge < -0.3 is 85.0 Å². The standard InChI is InChI=1S/C18H31O11S.C17H28O19S3/c1-9-12(4)17(27-13(14(9)23-5)7-26-30(20,21)22)28-15-10(2)11(3)16(24-6)29-18(15)25-8-19;1-6-8-9(11(14(18)19)31-15(6)28-4)17(8,2)32-16-13(34-39(24,25)26)12(33-36-38(22)23)10(27-3)7(30-16)5-29-35-37(20)21/h9-18H,7H2,1-6H3,(H,20,21,22);6-13,15-16H,5H2,1-4H3,(H,18,19)(H,20,21)(H,22,23)(H,24,25,26)/q-1;/p-5/t9?,10?,11?,12?,13-,14-,15-,16+,17+,18+;6?,7?,8-,9+,10-,11?,12+,13?,15+,16+,17?/m01/s1. The van der Waals surface area contributed by atoms with E-state index in [-0.39, 0.29) is 23.7 Å². The summed E-state index contributed by atoms with van der Waals surface area (Å²) in [5, 5.41) is 11.8. The maximum atomic E-state index is 11.8. The quantitative estimate of drug-likeness (QED) is 0.0242. The van der Waals surface area contributed by atoms with Gasteiger partial charge in [-0.25, -0.2) is 35.0 Å². The molecule has 1 aliphatic carbocycles. The van der Waals surface area contributed by atoms with Crippen molar-refractivity contribution in [3.8, 4) is 0 Å². The summed E-state index contributed by atoms with van der Waals surface area (Å²) in [7, 11) is -5.18. The number of aliphatic carboxylic acids is 1. The topological polar surface area (TPSA) is 409 Å². The summed E-state index contributed by atoms with van der Waals surface area (Å²) >= 11 is -6.45. The van der Waals surface area contributed by atoms with E-state index < -0.39 is 166 Å². The summed E-state index contributed by atoms with van der Waals surface area (Å²) in [4.78, 5) is 31.9. The summed E-state index contributed by atoms with van der Waals surface area (Å²) < 4.78 is 189. The van der Waals surface area contributed by atoms with Crippen molar-refractivity contribution >= 4 is 56.0 Å². The second-order valence-electron chi connectivity index (χ2n) is 16.6. The minimum Gasteiger partial charge on any atom is -0.748 e. The highest BCUT2D eigenvalue weighted by Gasteiger charge is 2.73. The van der Waals surface area contributed by atoms with Crippen molar-refractivity contribution in [2.24, 2.45) is 41.4 Å². The third-order valence-corrected chi connectivity index (χ3v) is 14.1. The smallest absolute Gasteiger partial charge is 0.218 e. The van der Waals surface area contributed by atoms with Crippen LogP contribution in [0.25, 0.3) is 0 Å². The Kier molecular flexibility index (Phi) is 22.2. The van der Waals surface area contributed by atoms with Crippen LogP contribution in [0.5, 0.6) is 0 Å². The number of carboxylic acids is 1. The molecule has 23 atom stereocenters. The molecule has 0 N–H and O–H groups in total. The molecule has 30 nitrogen and oxygen atoms in total. The molecule has 0 spiro atoms. The number of carbonyl (C=O) groups excluding carboxylic acids is 2. The van der Waals surface area contributed by atoms with Crippen LogP contribution in [0, 0.1) is 41.4 Å². The van der Waals surface area contributed by atoms with Gasteiger partial charge in [-0.2, -0.15) is 0 Å². The lowest BCUT2D eigenvalue weighted by atomic mass is 9.84. The van der Waals surface area contributed by atoms with Crippen LogP contribution in [0.3, 0.4) is 0 Å². The lowest BCUT2D eigenvalue weighted by molar-refractivity contribution is -0.375. The second-order valence-corrected chi connectivity index (χ2v) is 19.7. The first-order valence-corrected chi connectivity index (χ1v) is 25.2. The van der Waals surface area contributed by atoms with Gasteiger partial charge in [0.15, 0.2) is 43.7 Å². The van der Waals surface area contributed by atoms with Gasteiger partial charge in [0.05, 0.1) is 24.3 Å². The van der Waals surface area contributed by atoms with Crippen molar-refractivity contribution in [3.05, 3.63) is 0 Å². The Morgan fingerprint density at radius 2 is 1.19 bits per heavy atom. The molecule has 0 amide bonds. The van der Waals surface area contributed by atoms with Crippen LogP contribution >= 0.6 is 0 Å². The zero-order chi connectivity index (χ0) is 51.9. The summed E-state index contributed by atoms with van der Waals surface area (Å²) in [6, 6.07) is 0. The molecule has 69 heavy (non-hydrogen) atoms. The van der Waals surface area contributed by atoms with Crippen molar-refractivity contribution in [1.29, 1.82) is 0 Å². The number of fused-ring (bicyclic) bond motifs is 1. The van der Waals surface area contributed by atoms with Crippen molar-refractivity contribution in [2.45, 2.75) is 127 Å². The van der Waals surface area contributed by atoms with E-state index in [0.717, 1.165) is 7.11 Å². The monoisotopic (exact) mass is 1080 g/mol. The first kappa shape index (κ1) is 59.9. The lowest BCUT2D eigenvalue weighted by Gasteiger charge is -2.49. The van der Waals surface area contributed by atoms with Crippen LogP contribution in [0.2, 0.25) is 0 Å². The fraction of sp³-hybridized carbons (Fsp3) is 0.943. The van der Waals surface area contributed by atoms with Gasteiger partial charge in [0.25, 0.3) is 0 Å². The maximum Gasteiger partial charge on any atom is 0.218 e. The fourth-order valence-electron chi connectivity index (χ4n) is 9.20. The molecule has 5 aliphatic rings. The highest BCUT2D eigenvalue weighted by Crippen LogP contribution is 2.64. The number of carboxylic acid groups (broad SMARTS) is 1. The van der Waals surface area contributed by atoms with E-state index in [1.54, 1.807) is 6.92 Å². The van der Waals surface area contributed by atoms with E-state index in [1.165, 1.54) is 34.7 Å². The van der Waals surface area contributed by atoms with Gasteiger partial charge >= 0.3 is 0 Å². The van der Waals surface area contributed by atoms with Gasteiger partial charge in [-0.05, 0) is 18.8 Å². The van der Waals surface area contributed by atoms with Crippen LogP contribution in [0.1, 0.15) is 41.5 Å². The Morgan fingerprint density at radius 1 is 0.638 bits per heavy atom. The number of rotatable bonds is 23. The largest absolute Gasteiger partial charge is 0.748 e. The van der Waals surface area contributed by atoms with Gasteiger partial charge in [0, 0.05) is 58.0 Å². The molecule has 0 bridgehead atoms. The maximum absolute atomic E-state index is 11.8. The van der Waals surface area contributed by atoms with Gasteiger partial charge in [0.2, 0.25) is 20.8 Å². The molecule has 5 fully saturated rings. The summed E-state index contributed by atoms with van der Waals surface area (Å²) in [5.41, 5.74) is -1.46. The van der Waals surface area contributed by atoms with Crippen LogP contribution in [0.4, 0.5) is 0 Å². The fourth-order valence-corrected chi connectivity index (χ4v) is 10.3. The van der Waals surface area contributed by atoms with Crippen LogP contribution < -0.4 is 5.11 Å². The van der Waals surface area contributed by atoms with E-state index in [0.29, 0.717) is 0 Å². The molecule has 0 aromatic rings. The lowest BCUT2D eigenvalue weighted by Crippen LogP contribution is -2.62. The molecule has 5 rings (SSSR count). The van der Waals surface area contributed by atoms with Crippen LogP contribution in [-0.2, 0) is 132 Å². The van der Waals surface area contributed by atoms with E-state index in [1.807, 2.05) is 27.7 Å². The Balaban J connectivity index is 0.000000311. The zero-order valence-corrected chi connectivity index (χ0v) is 41.6. The number of hydrogen-bond donors (Lipinski definition) is 0. The minimum absolute atomic E-state index is 0.0840. The molecular formula is C35H54O30S4-6. The van der Waals surface area contributed by atoms with Gasteiger partial charge in [0.1, 0.15) is 59.8 Å². The van der Waals surface area contributed by atoms with Crippen LogP contribution in [-0.4, -0.2) is 183 Å². The predicted octanol–water partition coefficient (Wildman–Crippen LogP) is -3.25. The van der Waals surface area contributed by atoms with Crippen molar-refractivity contribution in [2.75, 3.05) is 41.7 Å². The first-order valence-electron chi connectivity index (χ1n) is 20.5. The molecule has 11 unspecified atom stereocenters. The average Bonchev–Trinajstić information content (AvgIpc) is 3.87. The van der Waals surface area contributed by atoms with Crippen molar-refractivity contribution in [1.82, 2.24) is 0 Å². The molecular weight excluding hydrogens is 1030 g/mol. The van der Waals surface area contributed by atoms with E-state index >= 15 is 0 Å². The molecule has 34 heteroatoms. The Hall–Kier alpha value is -1.66. The normalized spacial score (nSPS) is 42.2. The minimum atomic E-state index is -5.56. The zero-order valence-electron chi connectivity index (χ0n) is 38.3. The number of ether oxygens (including phenoxy) is 11. The highest BCUT2D eigenvalue weighted by atomic mass is 32.3. The van der Waals surface area contributed by atoms with E-state index in [4.69, 9.17) is 57.0 Å². The van der Waals surface area contributed by atoms with Crippen molar-refractivity contribution < 1.29 is 137 Å². The van der Waals surface area contributed by atoms with E-state index in [9.17, 15) is 58.2 Å². The Labute approximate surface area is 402 Å². The highest BCUT2D eigenvalue weighted by molar-refractivity contribution is 7.81. The van der Waals surface area contributed by atoms with Crippen LogP contribution in [0.15, 0.2) is 0 Å². The summed E-state index contributed by atoms with van der Waals surface area (Å²) in [6.07, 6.45) is -16.1. The average molecular weight is 1080 g/mol. The molecule has 0 aromatic carbocycles. The Morgan fingerprint density at radius 3 is 1.71 bits per heavy atom. The molecule has 0 radical (unpaired) electrons. The number of hydrogen-bond acceptors (Lipinski definition) is 30. The van der Waals surface area contributed by atoms with Gasteiger partial charge in [-0.15, -0.1) is 8.67 Å². The SMILES string of the molecule is CO[C@@H]1O[C@@H](O[C-]=O)[C@@H](O[C@H]2O[C@@H](COS(=O)(=O)[O-])[C@@H](OC)C(C)C2C)C(C)C1C.CO[C@H]1OC(C(=O)[O-])[C@@H]2[C@@H](C1C)C2(C)O[C@@H]1OC(COOS(=O)[O-])[C@@H](OC)[C@H](OOS(=O)[O-])C1OS(=O)(=O)[O-]. The second kappa shape index (κ2) is 25.5. The molecule has 4 heterocycles. The third-order valence-electron chi connectivity index (χ3n) is 12.8. The predicted molar refractivity (Wildman–Crippen MR) is 210 cm³/mol. The van der Waals surface area contributed by atoms with Crippen molar-refractivity contribution in [3.63, 3.8) is 0 Å². The molecule has 404 valence electrons. The molecule has 0 aromatic heterocycles. The molecule has 1 saturated carbocycles. The number of carbonyl (C=O) groups is 1. The third kappa shape index (κ3) is 15.2. The number of methoxy groups -OCH3 is 4. The molecule has 4 aliphatic heterocycles. The summed E-state index contributed by atoms with van der Waals surface area (Å²) in [6.45, 7) is 10.8. The van der Waals surface area contributed by atoms with E-state index in [2.05, 4.69) is 21.9 Å².